The average Bonchev–Trinajstić information content (AvgIpc) is 3.27. The van der Waals surface area contributed by atoms with Gasteiger partial charge in [0.05, 0.1) is 23.2 Å². The van der Waals surface area contributed by atoms with Crippen molar-refractivity contribution >= 4 is 46.1 Å². The molecule has 0 radical (unpaired) electrons. The lowest BCUT2D eigenvalue weighted by Crippen LogP contribution is -2.16. The van der Waals surface area contributed by atoms with Gasteiger partial charge in [-0.2, -0.15) is 8.75 Å². The van der Waals surface area contributed by atoms with Crippen molar-refractivity contribution in [3.05, 3.63) is 48.3 Å². The number of thioether (sulfide) groups is 1. The van der Waals surface area contributed by atoms with E-state index in [1.807, 2.05) is 6.07 Å². The summed E-state index contributed by atoms with van der Waals surface area (Å²) in [6.07, 6.45) is 0. The van der Waals surface area contributed by atoms with Crippen LogP contribution in [-0.4, -0.2) is 35.3 Å². The molecule has 4 rings (SSSR count). The van der Waals surface area contributed by atoms with Crippen molar-refractivity contribution in [1.82, 2.24) is 23.6 Å². The fourth-order valence-electron chi connectivity index (χ4n) is 2.42. The van der Waals surface area contributed by atoms with Gasteiger partial charge in [-0.3, -0.25) is 4.79 Å². The van der Waals surface area contributed by atoms with Crippen molar-refractivity contribution in [3.63, 3.8) is 0 Å². The number of anilines is 1. The van der Waals surface area contributed by atoms with Crippen LogP contribution in [0.3, 0.4) is 0 Å². The fourth-order valence-corrected chi connectivity index (χ4v) is 3.63. The van der Waals surface area contributed by atoms with Gasteiger partial charge in [0.15, 0.2) is 5.82 Å². The van der Waals surface area contributed by atoms with Crippen LogP contribution in [0.4, 0.5) is 10.1 Å². The number of nitrogens with zero attached hydrogens (tertiary/aromatic N) is 5. The molecule has 0 aliphatic rings. The van der Waals surface area contributed by atoms with E-state index in [2.05, 4.69) is 24.3 Å². The van der Waals surface area contributed by atoms with Gasteiger partial charge in [-0.25, -0.2) is 9.07 Å². The minimum atomic E-state index is -0.394. The van der Waals surface area contributed by atoms with E-state index in [4.69, 9.17) is 5.84 Å². The Hall–Kier alpha value is -3.05. The number of benzene rings is 2. The fraction of sp³-hybridized carbons (Fsp3) is 0.0625. The van der Waals surface area contributed by atoms with E-state index in [1.54, 1.807) is 24.3 Å². The molecule has 0 bridgehead atoms. The highest BCUT2D eigenvalue weighted by molar-refractivity contribution is 7.99. The molecular formula is C16H12FN7OS2. The molecule has 2 aromatic carbocycles. The second-order valence-corrected chi connectivity index (χ2v) is 6.93. The molecule has 8 nitrogen and oxygen atoms in total. The zero-order valence-corrected chi connectivity index (χ0v) is 15.3. The van der Waals surface area contributed by atoms with Crippen molar-refractivity contribution in [1.29, 1.82) is 0 Å². The number of nitrogens with two attached hydrogens (primary N) is 1. The Kier molecular flexibility index (Phi) is 4.69. The number of carbonyl (C=O) groups is 1. The Morgan fingerprint density at radius 2 is 2.07 bits per heavy atom. The lowest BCUT2D eigenvalue weighted by atomic mass is 10.2. The van der Waals surface area contributed by atoms with Crippen LogP contribution in [0.1, 0.15) is 0 Å². The Morgan fingerprint density at radius 1 is 1.22 bits per heavy atom. The van der Waals surface area contributed by atoms with Gasteiger partial charge >= 0.3 is 0 Å². The topological polar surface area (TPSA) is 112 Å². The Morgan fingerprint density at radius 3 is 2.93 bits per heavy atom. The molecule has 4 aromatic rings. The normalized spacial score (nSPS) is 11.0. The van der Waals surface area contributed by atoms with Crippen LogP contribution >= 0.6 is 23.5 Å². The lowest BCUT2D eigenvalue weighted by Gasteiger charge is -2.06. The molecule has 0 saturated heterocycles. The predicted molar refractivity (Wildman–Crippen MR) is 102 cm³/mol. The largest absolute Gasteiger partial charge is 0.335 e. The number of halogens is 1. The third-order valence-electron chi connectivity index (χ3n) is 3.64. The van der Waals surface area contributed by atoms with Crippen molar-refractivity contribution in [2.24, 2.45) is 0 Å². The maximum atomic E-state index is 13.4. The van der Waals surface area contributed by atoms with Gasteiger partial charge in [0.2, 0.25) is 11.1 Å². The predicted octanol–water partition coefficient (Wildman–Crippen LogP) is 2.53. The molecule has 2 aromatic heterocycles. The minimum Gasteiger partial charge on any atom is -0.335 e. The summed E-state index contributed by atoms with van der Waals surface area (Å²) in [5.41, 5.74) is 2.48. The number of nitrogen functional groups attached to an aromatic ring is 1. The smallest absolute Gasteiger partial charge is 0.234 e. The third-order valence-corrected chi connectivity index (χ3v) is 5.13. The van der Waals surface area contributed by atoms with Gasteiger partial charge in [0.1, 0.15) is 16.9 Å². The zero-order valence-electron chi connectivity index (χ0n) is 13.7. The molecule has 3 N–H and O–H groups in total. The molecule has 0 spiro atoms. The molecule has 0 aliphatic heterocycles. The number of hydrogen-bond donors (Lipinski definition) is 2. The second kappa shape index (κ2) is 7.29. The molecule has 0 unspecified atom stereocenters. The highest BCUT2D eigenvalue weighted by Crippen LogP contribution is 2.24. The third kappa shape index (κ3) is 3.59. The van der Waals surface area contributed by atoms with E-state index in [9.17, 15) is 9.18 Å². The first-order valence-corrected chi connectivity index (χ1v) is 9.44. The van der Waals surface area contributed by atoms with Gasteiger partial charge in [-0.15, -0.1) is 10.2 Å². The van der Waals surface area contributed by atoms with Gasteiger partial charge in [0, 0.05) is 5.56 Å². The standard InChI is InChI=1S/C16H12FN7OS2/c17-10-4-1-3-9(7-10)15-20-21-16(24(15)18)26-8-13(25)19-11-5-2-6-12-14(11)23-27-22-12/h1-7H,8,18H2,(H,19,25). The molecule has 27 heavy (non-hydrogen) atoms. The summed E-state index contributed by atoms with van der Waals surface area (Å²) in [5.74, 6) is 5.74. The summed E-state index contributed by atoms with van der Waals surface area (Å²) in [7, 11) is 0. The van der Waals surface area contributed by atoms with Crippen LogP contribution in [-0.2, 0) is 4.79 Å². The molecule has 0 fully saturated rings. The minimum absolute atomic E-state index is 0.0758. The van der Waals surface area contributed by atoms with Crippen LogP contribution in [0.2, 0.25) is 0 Å². The van der Waals surface area contributed by atoms with E-state index >= 15 is 0 Å². The van der Waals surface area contributed by atoms with Crippen LogP contribution in [0.5, 0.6) is 0 Å². The highest BCUT2D eigenvalue weighted by Gasteiger charge is 2.15. The summed E-state index contributed by atoms with van der Waals surface area (Å²) in [4.78, 5) is 12.3. The maximum Gasteiger partial charge on any atom is 0.234 e. The number of amides is 1. The molecule has 0 saturated carbocycles. The Bertz CT molecular complexity index is 1130. The highest BCUT2D eigenvalue weighted by atomic mass is 32.2. The van der Waals surface area contributed by atoms with Gasteiger partial charge in [-0.05, 0) is 24.3 Å². The number of rotatable bonds is 5. The van der Waals surface area contributed by atoms with Crippen molar-refractivity contribution in [2.75, 3.05) is 16.9 Å². The molecule has 11 heteroatoms. The van der Waals surface area contributed by atoms with E-state index in [-0.39, 0.29) is 11.7 Å². The van der Waals surface area contributed by atoms with E-state index in [0.717, 1.165) is 29.0 Å². The number of aromatic nitrogens is 5. The van der Waals surface area contributed by atoms with Crippen LogP contribution < -0.4 is 11.2 Å². The maximum absolute atomic E-state index is 13.4. The summed E-state index contributed by atoms with van der Waals surface area (Å²) in [5, 5.41) is 11.1. The summed E-state index contributed by atoms with van der Waals surface area (Å²) < 4.78 is 22.9. The number of fused-ring (bicyclic) bond motifs is 1. The molecule has 2 heterocycles. The number of nitrogens with one attached hydrogen (secondary N) is 1. The lowest BCUT2D eigenvalue weighted by molar-refractivity contribution is -0.113. The van der Waals surface area contributed by atoms with Crippen LogP contribution in [0, 0.1) is 5.82 Å². The Labute approximate surface area is 160 Å². The summed E-state index contributed by atoms with van der Waals surface area (Å²) in [6.45, 7) is 0. The molecule has 0 atom stereocenters. The average molecular weight is 401 g/mol. The molecule has 1 amide bonds. The van der Waals surface area contributed by atoms with Crippen LogP contribution in [0.25, 0.3) is 22.4 Å². The first-order chi connectivity index (χ1) is 13.1. The van der Waals surface area contributed by atoms with E-state index < -0.39 is 5.82 Å². The number of carbonyl (C=O) groups excluding carboxylic acids is 1. The van der Waals surface area contributed by atoms with Gasteiger partial charge < -0.3 is 11.2 Å². The monoisotopic (exact) mass is 401 g/mol. The zero-order chi connectivity index (χ0) is 18.8. The molecular weight excluding hydrogens is 389 g/mol. The number of hydrogen-bond acceptors (Lipinski definition) is 8. The molecule has 0 aliphatic carbocycles. The van der Waals surface area contributed by atoms with Gasteiger partial charge in [0.25, 0.3) is 0 Å². The molecule has 136 valence electrons. The van der Waals surface area contributed by atoms with Crippen LogP contribution in [0.15, 0.2) is 47.6 Å². The van der Waals surface area contributed by atoms with Crippen molar-refractivity contribution < 1.29 is 9.18 Å². The first kappa shape index (κ1) is 17.4. The van der Waals surface area contributed by atoms with Crippen molar-refractivity contribution in [3.8, 4) is 11.4 Å². The second-order valence-electron chi connectivity index (χ2n) is 5.46. The van der Waals surface area contributed by atoms with Crippen molar-refractivity contribution in [2.45, 2.75) is 5.16 Å². The SMILES string of the molecule is Nn1c(SCC(=O)Nc2cccc3nsnc23)nnc1-c1cccc(F)c1. The van der Waals surface area contributed by atoms with Gasteiger partial charge in [-0.1, -0.05) is 30.0 Å². The first-order valence-electron chi connectivity index (χ1n) is 7.72. The van der Waals surface area contributed by atoms with E-state index in [1.165, 1.54) is 16.8 Å². The summed E-state index contributed by atoms with van der Waals surface area (Å²) in [6, 6.07) is 11.3. The quantitative estimate of drug-likeness (QED) is 0.390. The van der Waals surface area contributed by atoms with E-state index in [0.29, 0.717) is 27.7 Å². The summed E-state index contributed by atoms with van der Waals surface area (Å²) >= 11 is 2.21. The Balaban J connectivity index is 1.44.